The molecular weight excluding hydrogens is 441 g/mol. The molecule has 146 valence electrons. The van der Waals surface area contributed by atoms with Gasteiger partial charge in [0, 0.05) is 20.1 Å². The van der Waals surface area contributed by atoms with Crippen molar-refractivity contribution in [3.05, 3.63) is 41.5 Å². The smallest absolute Gasteiger partial charge is 0.193 e. The number of nitrogens with zero attached hydrogens (tertiary/aromatic N) is 2. The van der Waals surface area contributed by atoms with Crippen molar-refractivity contribution in [1.82, 2.24) is 10.2 Å². The molecule has 0 aromatic heterocycles. The lowest BCUT2D eigenvalue weighted by molar-refractivity contribution is 0.153. The number of halogens is 1. The molecule has 0 radical (unpaired) electrons. The maximum absolute atomic E-state index is 5.89. The Labute approximate surface area is 174 Å². The van der Waals surface area contributed by atoms with Gasteiger partial charge in [-0.15, -0.1) is 24.0 Å². The van der Waals surface area contributed by atoms with E-state index in [9.17, 15) is 0 Å². The quantitative estimate of drug-likeness (QED) is 0.271. The maximum Gasteiger partial charge on any atom is 0.193 e. The molecule has 1 aromatic carbocycles. The predicted molar refractivity (Wildman–Crippen MR) is 119 cm³/mol. The summed E-state index contributed by atoms with van der Waals surface area (Å²) < 4.78 is 11.2. The van der Waals surface area contributed by atoms with Crippen LogP contribution in [0.5, 0.6) is 5.75 Å². The van der Waals surface area contributed by atoms with Gasteiger partial charge in [0.25, 0.3) is 0 Å². The highest BCUT2D eigenvalue weighted by molar-refractivity contribution is 14.0. The van der Waals surface area contributed by atoms with Gasteiger partial charge < -0.3 is 19.7 Å². The second-order valence-corrected chi connectivity index (χ2v) is 6.21. The van der Waals surface area contributed by atoms with E-state index in [4.69, 9.17) is 14.5 Å². The lowest BCUT2D eigenvalue weighted by Gasteiger charge is -2.22. The minimum absolute atomic E-state index is 0. The molecular formula is C20H32IN3O2. The van der Waals surface area contributed by atoms with E-state index in [0.29, 0.717) is 6.61 Å². The van der Waals surface area contributed by atoms with E-state index in [0.717, 1.165) is 63.0 Å². The molecule has 1 N–H and O–H groups in total. The van der Waals surface area contributed by atoms with Crippen LogP contribution in [0.1, 0.15) is 25.3 Å². The van der Waals surface area contributed by atoms with Crippen molar-refractivity contribution in [1.29, 1.82) is 0 Å². The zero-order valence-corrected chi connectivity index (χ0v) is 18.5. The first kappa shape index (κ1) is 22.8. The SMILES string of the molecule is CCNC(=NCCC1=CCOCC1)N(C)CCOc1ccccc1C.I. The van der Waals surface area contributed by atoms with Crippen LogP contribution < -0.4 is 10.1 Å². The minimum Gasteiger partial charge on any atom is -0.491 e. The number of aliphatic imine (C=N–C) groups is 1. The summed E-state index contributed by atoms with van der Waals surface area (Å²) in [5, 5.41) is 3.36. The molecule has 0 aliphatic carbocycles. The van der Waals surface area contributed by atoms with E-state index in [1.54, 1.807) is 0 Å². The van der Waals surface area contributed by atoms with Crippen LogP contribution in [0.15, 0.2) is 40.9 Å². The van der Waals surface area contributed by atoms with Crippen molar-refractivity contribution in [2.45, 2.75) is 26.7 Å². The van der Waals surface area contributed by atoms with Crippen molar-refractivity contribution < 1.29 is 9.47 Å². The van der Waals surface area contributed by atoms with Crippen LogP contribution >= 0.6 is 24.0 Å². The molecule has 0 spiro atoms. The molecule has 0 bridgehead atoms. The molecule has 0 unspecified atom stereocenters. The predicted octanol–water partition coefficient (Wildman–Crippen LogP) is 3.63. The summed E-state index contributed by atoms with van der Waals surface area (Å²) in [4.78, 5) is 6.87. The van der Waals surface area contributed by atoms with Gasteiger partial charge >= 0.3 is 0 Å². The summed E-state index contributed by atoms with van der Waals surface area (Å²) in [5.74, 6) is 1.88. The van der Waals surface area contributed by atoms with Gasteiger partial charge in [-0.3, -0.25) is 4.99 Å². The highest BCUT2D eigenvalue weighted by Crippen LogP contribution is 2.16. The minimum atomic E-state index is 0. The fraction of sp³-hybridized carbons (Fsp3) is 0.550. The average Bonchev–Trinajstić information content (AvgIpc) is 2.63. The third kappa shape index (κ3) is 7.95. The molecule has 0 saturated carbocycles. The number of hydrogen-bond acceptors (Lipinski definition) is 3. The first-order chi connectivity index (χ1) is 12.2. The molecule has 0 amide bonds. The van der Waals surface area contributed by atoms with Gasteiger partial charge in [0.15, 0.2) is 5.96 Å². The van der Waals surface area contributed by atoms with Gasteiger partial charge in [0.1, 0.15) is 12.4 Å². The van der Waals surface area contributed by atoms with Crippen LogP contribution in [0.4, 0.5) is 0 Å². The standard InChI is InChI=1S/C20H31N3O2.HI/c1-4-21-20(22-12-9-18-10-14-24-15-11-18)23(3)13-16-25-19-8-6-5-7-17(19)2;/h5-8,10H,4,9,11-16H2,1-3H3,(H,21,22);1H. The van der Waals surface area contributed by atoms with Crippen LogP contribution in [-0.4, -0.2) is 57.4 Å². The number of hydrogen-bond donors (Lipinski definition) is 1. The number of guanidine groups is 1. The number of rotatable bonds is 8. The molecule has 1 aromatic rings. The number of benzene rings is 1. The van der Waals surface area contributed by atoms with Gasteiger partial charge in [-0.25, -0.2) is 0 Å². The Bertz CT molecular complexity index is 590. The Morgan fingerprint density at radius 1 is 1.35 bits per heavy atom. The summed E-state index contributed by atoms with van der Waals surface area (Å²) in [5.41, 5.74) is 2.62. The largest absolute Gasteiger partial charge is 0.491 e. The number of ether oxygens (including phenoxy) is 2. The van der Waals surface area contributed by atoms with Crippen molar-refractivity contribution in [2.75, 3.05) is 46.5 Å². The van der Waals surface area contributed by atoms with Gasteiger partial charge in [-0.2, -0.15) is 0 Å². The molecule has 0 saturated heterocycles. The fourth-order valence-electron chi connectivity index (χ4n) is 2.68. The van der Waals surface area contributed by atoms with Crippen molar-refractivity contribution in [3.63, 3.8) is 0 Å². The van der Waals surface area contributed by atoms with E-state index < -0.39 is 0 Å². The summed E-state index contributed by atoms with van der Waals surface area (Å²) in [6.45, 7) is 8.82. The molecule has 2 rings (SSSR count). The highest BCUT2D eigenvalue weighted by atomic mass is 127. The first-order valence-electron chi connectivity index (χ1n) is 9.14. The average molecular weight is 473 g/mol. The van der Waals surface area contributed by atoms with Gasteiger partial charge in [0.05, 0.1) is 19.8 Å². The number of nitrogens with one attached hydrogen (secondary N) is 1. The Hall–Kier alpha value is -1.28. The van der Waals surface area contributed by atoms with Gasteiger partial charge in [0.2, 0.25) is 0 Å². The van der Waals surface area contributed by atoms with Crippen molar-refractivity contribution in [3.8, 4) is 5.75 Å². The summed E-state index contributed by atoms with van der Waals surface area (Å²) >= 11 is 0. The molecule has 0 fully saturated rings. The van der Waals surface area contributed by atoms with Crippen LogP contribution in [0.3, 0.4) is 0 Å². The Morgan fingerprint density at radius 2 is 2.15 bits per heavy atom. The molecule has 26 heavy (non-hydrogen) atoms. The van der Waals surface area contributed by atoms with Crippen LogP contribution in [0, 0.1) is 6.92 Å². The van der Waals surface area contributed by atoms with Crippen molar-refractivity contribution >= 4 is 29.9 Å². The lowest BCUT2D eigenvalue weighted by Crippen LogP contribution is -2.41. The summed E-state index contributed by atoms with van der Waals surface area (Å²) in [6, 6.07) is 8.10. The second kappa shape index (κ2) is 13.0. The zero-order chi connectivity index (χ0) is 17.9. The second-order valence-electron chi connectivity index (χ2n) is 6.21. The Balaban J connectivity index is 0.00000338. The van der Waals surface area contributed by atoms with E-state index in [-0.39, 0.29) is 24.0 Å². The molecule has 5 nitrogen and oxygen atoms in total. The number of para-hydroxylation sites is 1. The van der Waals surface area contributed by atoms with E-state index >= 15 is 0 Å². The van der Waals surface area contributed by atoms with Crippen LogP contribution in [0.2, 0.25) is 0 Å². The fourth-order valence-corrected chi connectivity index (χ4v) is 2.68. The Kier molecular flexibility index (Phi) is 11.4. The van der Waals surface area contributed by atoms with E-state index in [1.807, 2.05) is 18.2 Å². The molecule has 1 aliphatic heterocycles. The maximum atomic E-state index is 5.89. The topological polar surface area (TPSA) is 46.1 Å². The number of aryl methyl sites for hydroxylation is 1. The molecule has 1 aliphatic rings. The third-order valence-electron chi connectivity index (χ3n) is 4.23. The molecule has 1 heterocycles. The normalized spacial score (nSPS) is 14.3. The van der Waals surface area contributed by atoms with E-state index in [2.05, 4.69) is 43.3 Å². The Morgan fingerprint density at radius 3 is 2.85 bits per heavy atom. The molecule has 6 heteroatoms. The molecule has 0 atom stereocenters. The monoisotopic (exact) mass is 473 g/mol. The zero-order valence-electron chi connectivity index (χ0n) is 16.2. The van der Waals surface area contributed by atoms with Crippen LogP contribution in [-0.2, 0) is 4.74 Å². The van der Waals surface area contributed by atoms with Crippen molar-refractivity contribution in [2.24, 2.45) is 4.99 Å². The first-order valence-corrected chi connectivity index (χ1v) is 9.14. The third-order valence-corrected chi connectivity index (χ3v) is 4.23. The number of likely N-dealkylation sites (N-methyl/N-ethyl adjacent to an activating group) is 1. The van der Waals surface area contributed by atoms with Gasteiger partial charge in [-0.1, -0.05) is 29.8 Å². The van der Waals surface area contributed by atoms with Gasteiger partial charge in [-0.05, 0) is 38.3 Å². The van der Waals surface area contributed by atoms with E-state index in [1.165, 1.54) is 5.57 Å². The summed E-state index contributed by atoms with van der Waals surface area (Å²) in [7, 11) is 2.05. The lowest BCUT2D eigenvalue weighted by atomic mass is 10.1. The van der Waals surface area contributed by atoms with Crippen LogP contribution in [0.25, 0.3) is 0 Å². The highest BCUT2D eigenvalue weighted by Gasteiger charge is 2.07. The summed E-state index contributed by atoms with van der Waals surface area (Å²) in [6.07, 6.45) is 4.23.